The zero-order chi connectivity index (χ0) is 16.4. The molecule has 0 radical (unpaired) electrons. The molecule has 0 bridgehead atoms. The molecule has 0 aliphatic heterocycles. The first-order valence-corrected chi connectivity index (χ1v) is 7.12. The van der Waals surface area contributed by atoms with Gasteiger partial charge in [-0.15, -0.1) is 0 Å². The van der Waals surface area contributed by atoms with Crippen LogP contribution in [0.15, 0.2) is 29.1 Å². The summed E-state index contributed by atoms with van der Waals surface area (Å²) in [6.07, 6.45) is 2.64. The fraction of sp³-hybridized carbons (Fsp3) is 0.200. The second-order valence-electron chi connectivity index (χ2n) is 4.59. The third-order valence-electron chi connectivity index (χ3n) is 3.32. The van der Waals surface area contributed by atoms with Gasteiger partial charge in [0.1, 0.15) is 0 Å². The number of carbonyl (C=O) groups is 1. The summed E-state index contributed by atoms with van der Waals surface area (Å²) in [5, 5.41) is 0.845. The Morgan fingerprint density at radius 1 is 1.32 bits per heavy atom. The maximum atomic E-state index is 12.6. The van der Waals surface area contributed by atoms with E-state index in [1.54, 1.807) is 36.9 Å². The quantitative estimate of drug-likeness (QED) is 0.637. The molecule has 5 nitrogen and oxygen atoms in total. The molecule has 0 N–H and O–H groups in total. The van der Waals surface area contributed by atoms with Crippen molar-refractivity contribution in [2.24, 2.45) is 7.05 Å². The summed E-state index contributed by atoms with van der Waals surface area (Å²) in [5.74, 6) is -0.529. The number of nitrogens with zero attached hydrogens (tertiary/aromatic N) is 2. The standard InChI is InChI=1S/C15H14Cl2N2O3/c1-9-11(5-7-14(20)22-3)15(21)19(18(9)2)13-6-4-10(16)8-12(13)17/h4-8H,1-3H3/b7-5+. The number of hydrogen-bond acceptors (Lipinski definition) is 3. The van der Waals surface area contributed by atoms with Gasteiger partial charge in [-0.3, -0.25) is 9.48 Å². The van der Waals surface area contributed by atoms with Gasteiger partial charge in [0.05, 0.1) is 23.4 Å². The first-order chi connectivity index (χ1) is 10.4. The first-order valence-electron chi connectivity index (χ1n) is 6.37. The lowest BCUT2D eigenvalue weighted by Gasteiger charge is -2.10. The topological polar surface area (TPSA) is 53.2 Å². The van der Waals surface area contributed by atoms with E-state index in [2.05, 4.69) is 4.74 Å². The van der Waals surface area contributed by atoms with E-state index >= 15 is 0 Å². The average Bonchev–Trinajstić information content (AvgIpc) is 2.68. The van der Waals surface area contributed by atoms with E-state index in [0.717, 1.165) is 0 Å². The zero-order valence-electron chi connectivity index (χ0n) is 12.3. The van der Waals surface area contributed by atoms with Gasteiger partial charge in [-0.2, -0.15) is 0 Å². The Bertz CT molecular complexity index is 819. The van der Waals surface area contributed by atoms with Crippen molar-refractivity contribution < 1.29 is 9.53 Å². The molecule has 0 atom stereocenters. The fourth-order valence-electron chi connectivity index (χ4n) is 2.06. The summed E-state index contributed by atoms with van der Waals surface area (Å²) in [5.41, 5.74) is 1.30. The van der Waals surface area contributed by atoms with E-state index in [0.29, 0.717) is 27.0 Å². The lowest BCUT2D eigenvalue weighted by Crippen LogP contribution is -2.20. The predicted molar refractivity (Wildman–Crippen MR) is 86.8 cm³/mol. The highest BCUT2D eigenvalue weighted by atomic mass is 35.5. The molecular weight excluding hydrogens is 327 g/mol. The van der Waals surface area contributed by atoms with Crippen molar-refractivity contribution in [3.05, 3.63) is 55.9 Å². The van der Waals surface area contributed by atoms with Crippen molar-refractivity contribution in [1.29, 1.82) is 0 Å². The molecule has 0 aliphatic rings. The number of rotatable bonds is 3. The van der Waals surface area contributed by atoms with Crippen LogP contribution in [0.5, 0.6) is 0 Å². The highest BCUT2D eigenvalue weighted by Crippen LogP contribution is 2.24. The maximum Gasteiger partial charge on any atom is 0.330 e. The molecule has 2 rings (SSSR count). The average molecular weight is 341 g/mol. The summed E-state index contributed by atoms with van der Waals surface area (Å²) in [4.78, 5) is 23.8. The molecule has 0 saturated heterocycles. The van der Waals surface area contributed by atoms with Crippen molar-refractivity contribution >= 4 is 35.2 Å². The zero-order valence-corrected chi connectivity index (χ0v) is 13.8. The van der Waals surface area contributed by atoms with Crippen LogP contribution in [0.3, 0.4) is 0 Å². The van der Waals surface area contributed by atoms with Crippen LogP contribution in [0.4, 0.5) is 0 Å². The van der Waals surface area contributed by atoms with Crippen LogP contribution in [0.2, 0.25) is 10.0 Å². The smallest absolute Gasteiger partial charge is 0.330 e. The number of halogens is 2. The van der Waals surface area contributed by atoms with Crippen molar-refractivity contribution in [3.63, 3.8) is 0 Å². The molecule has 0 amide bonds. The highest BCUT2D eigenvalue weighted by molar-refractivity contribution is 6.35. The van der Waals surface area contributed by atoms with E-state index in [1.807, 2.05) is 0 Å². The van der Waals surface area contributed by atoms with E-state index in [9.17, 15) is 9.59 Å². The number of esters is 1. The number of ether oxygens (including phenoxy) is 1. The molecule has 116 valence electrons. The molecule has 1 aromatic heterocycles. The van der Waals surface area contributed by atoms with Crippen LogP contribution in [-0.2, 0) is 16.6 Å². The summed E-state index contributed by atoms with van der Waals surface area (Å²) in [6, 6.07) is 4.89. The van der Waals surface area contributed by atoms with Gasteiger partial charge in [-0.1, -0.05) is 23.2 Å². The number of benzene rings is 1. The van der Waals surface area contributed by atoms with Gasteiger partial charge in [0.15, 0.2) is 0 Å². The Morgan fingerprint density at radius 2 is 2.00 bits per heavy atom. The summed E-state index contributed by atoms with van der Waals surface area (Å²) in [7, 11) is 3.01. The Labute approximate surface area is 137 Å². The van der Waals surface area contributed by atoms with Gasteiger partial charge in [0.2, 0.25) is 0 Å². The fourth-order valence-corrected chi connectivity index (χ4v) is 2.55. The minimum absolute atomic E-state index is 0.288. The lowest BCUT2D eigenvalue weighted by molar-refractivity contribution is -0.134. The van der Waals surface area contributed by atoms with Crippen molar-refractivity contribution in [2.45, 2.75) is 6.92 Å². The second kappa shape index (κ2) is 6.42. The van der Waals surface area contributed by atoms with E-state index in [-0.39, 0.29) is 5.56 Å². The monoisotopic (exact) mass is 340 g/mol. The minimum atomic E-state index is -0.529. The van der Waals surface area contributed by atoms with Crippen molar-refractivity contribution in [1.82, 2.24) is 9.36 Å². The molecule has 2 aromatic rings. The first kappa shape index (κ1) is 16.4. The van der Waals surface area contributed by atoms with E-state index in [4.69, 9.17) is 23.2 Å². The summed E-state index contributed by atoms with van der Waals surface area (Å²) >= 11 is 12.0. The largest absolute Gasteiger partial charge is 0.466 e. The Balaban J connectivity index is 2.62. The number of hydrogen-bond donors (Lipinski definition) is 0. The predicted octanol–water partition coefficient (Wildman–Crippen LogP) is 2.98. The molecule has 22 heavy (non-hydrogen) atoms. The van der Waals surface area contributed by atoms with Gasteiger partial charge in [0, 0.05) is 23.8 Å². The molecule has 0 aliphatic carbocycles. The van der Waals surface area contributed by atoms with Crippen LogP contribution in [0, 0.1) is 6.92 Å². The van der Waals surface area contributed by atoms with Gasteiger partial charge in [-0.05, 0) is 31.2 Å². The minimum Gasteiger partial charge on any atom is -0.466 e. The molecular formula is C15H14Cl2N2O3. The van der Waals surface area contributed by atoms with E-state index in [1.165, 1.54) is 23.9 Å². The van der Waals surface area contributed by atoms with Gasteiger partial charge in [0.25, 0.3) is 5.56 Å². The lowest BCUT2D eigenvalue weighted by atomic mass is 10.2. The normalized spacial score (nSPS) is 11.1. The SMILES string of the molecule is COC(=O)/C=C/c1c(C)n(C)n(-c2ccc(Cl)cc2Cl)c1=O. The molecule has 0 fully saturated rings. The summed E-state index contributed by atoms with van der Waals surface area (Å²) in [6.45, 7) is 1.78. The summed E-state index contributed by atoms with van der Waals surface area (Å²) < 4.78 is 7.61. The second-order valence-corrected chi connectivity index (χ2v) is 5.44. The van der Waals surface area contributed by atoms with Crippen LogP contribution in [-0.4, -0.2) is 22.4 Å². The van der Waals surface area contributed by atoms with Crippen LogP contribution in [0.1, 0.15) is 11.3 Å². The van der Waals surface area contributed by atoms with Crippen LogP contribution >= 0.6 is 23.2 Å². The highest BCUT2D eigenvalue weighted by Gasteiger charge is 2.16. The van der Waals surface area contributed by atoms with Crippen LogP contribution < -0.4 is 5.56 Å². The van der Waals surface area contributed by atoms with Crippen molar-refractivity contribution in [2.75, 3.05) is 7.11 Å². The molecule has 0 spiro atoms. The Kier molecular flexibility index (Phi) is 4.78. The molecule has 7 heteroatoms. The van der Waals surface area contributed by atoms with Gasteiger partial charge in [-0.25, -0.2) is 9.48 Å². The Morgan fingerprint density at radius 3 is 2.59 bits per heavy atom. The number of methoxy groups -OCH3 is 1. The maximum absolute atomic E-state index is 12.6. The van der Waals surface area contributed by atoms with Gasteiger partial charge < -0.3 is 4.74 Å². The van der Waals surface area contributed by atoms with Crippen molar-refractivity contribution in [3.8, 4) is 5.69 Å². The number of aromatic nitrogens is 2. The molecule has 1 aromatic carbocycles. The molecule has 0 saturated carbocycles. The third kappa shape index (κ3) is 2.96. The number of carbonyl (C=O) groups excluding carboxylic acids is 1. The van der Waals surface area contributed by atoms with Crippen LogP contribution in [0.25, 0.3) is 11.8 Å². The van der Waals surface area contributed by atoms with Gasteiger partial charge >= 0.3 is 5.97 Å². The molecule has 0 unspecified atom stereocenters. The molecule has 1 heterocycles. The van der Waals surface area contributed by atoms with E-state index < -0.39 is 5.97 Å². The third-order valence-corrected chi connectivity index (χ3v) is 3.86. The Hall–Kier alpha value is -1.98.